The average Bonchev–Trinajstić information content (AvgIpc) is 3.22. The summed E-state index contributed by atoms with van der Waals surface area (Å²) in [6.45, 7) is 2.78. The molecule has 1 atom stereocenters. The van der Waals surface area contributed by atoms with Gasteiger partial charge in [0.05, 0.1) is 6.04 Å². The number of aromatic carboxylic acids is 1. The highest BCUT2D eigenvalue weighted by molar-refractivity contribution is 6.30. The zero-order valence-electron chi connectivity index (χ0n) is 13.6. The van der Waals surface area contributed by atoms with Crippen molar-refractivity contribution < 1.29 is 14.4 Å². The molecule has 1 aromatic carbocycles. The Morgan fingerprint density at radius 1 is 1.38 bits per heavy atom. The second-order valence-electron chi connectivity index (χ2n) is 6.36. The molecule has 1 aliphatic rings. The van der Waals surface area contributed by atoms with Crippen LogP contribution in [0.3, 0.4) is 0 Å². The number of carboxylic acid groups (broad SMARTS) is 1. The Kier molecular flexibility index (Phi) is 5.21. The molecular formula is C18H21ClN2O3. The number of rotatable bonds is 6. The summed E-state index contributed by atoms with van der Waals surface area (Å²) in [5.41, 5.74) is 1.13. The van der Waals surface area contributed by atoms with Gasteiger partial charge in [-0.3, -0.25) is 0 Å². The molecule has 1 aliphatic carbocycles. The fourth-order valence-corrected chi connectivity index (χ4v) is 3.39. The van der Waals surface area contributed by atoms with Crippen molar-refractivity contribution in [2.45, 2.75) is 38.6 Å². The summed E-state index contributed by atoms with van der Waals surface area (Å²) in [6, 6.07) is 6.70. The van der Waals surface area contributed by atoms with Crippen LogP contribution in [0.4, 0.5) is 0 Å². The fraction of sp³-hybridized carbons (Fsp3) is 0.444. The van der Waals surface area contributed by atoms with Gasteiger partial charge >= 0.3 is 5.97 Å². The lowest BCUT2D eigenvalue weighted by atomic mass is 10.0. The molecule has 1 heterocycles. The van der Waals surface area contributed by atoms with Crippen LogP contribution in [0.25, 0.3) is 11.3 Å². The van der Waals surface area contributed by atoms with Crippen LogP contribution in [0.5, 0.6) is 0 Å². The summed E-state index contributed by atoms with van der Waals surface area (Å²) in [5, 5.41) is 17.6. The molecule has 0 amide bonds. The van der Waals surface area contributed by atoms with Crippen molar-refractivity contribution in [3.63, 3.8) is 0 Å². The van der Waals surface area contributed by atoms with Crippen molar-refractivity contribution in [3.05, 3.63) is 40.6 Å². The molecule has 1 saturated carbocycles. The molecule has 0 saturated heterocycles. The first-order chi connectivity index (χ1) is 11.6. The molecule has 0 aliphatic heterocycles. The van der Waals surface area contributed by atoms with E-state index < -0.39 is 5.97 Å². The van der Waals surface area contributed by atoms with E-state index in [9.17, 15) is 9.90 Å². The molecule has 1 fully saturated rings. The van der Waals surface area contributed by atoms with E-state index in [-0.39, 0.29) is 11.6 Å². The summed E-state index contributed by atoms with van der Waals surface area (Å²) in [6.07, 6.45) is 5.03. The molecule has 0 radical (unpaired) electrons. The van der Waals surface area contributed by atoms with Gasteiger partial charge in [0.1, 0.15) is 11.3 Å². The first-order valence-electron chi connectivity index (χ1n) is 8.28. The summed E-state index contributed by atoms with van der Waals surface area (Å²) in [4.78, 5) is 11.8. The lowest BCUT2D eigenvalue weighted by molar-refractivity contribution is 0.0694. The van der Waals surface area contributed by atoms with Gasteiger partial charge in [0, 0.05) is 10.6 Å². The third-order valence-corrected chi connectivity index (χ3v) is 4.88. The summed E-state index contributed by atoms with van der Waals surface area (Å²) in [7, 11) is 0. The second kappa shape index (κ2) is 7.36. The summed E-state index contributed by atoms with van der Waals surface area (Å²) < 4.78 is 5.39. The van der Waals surface area contributed by atoms with Gasteiger partial charge in [0.2, 0.25) is 0 Å². The molecule has 3 rings (SSSR count). The topological polar surface area (TPSA) is 75.4 Å². The average molecular weight is 349 g/mol. The quantitative estimate of drug-likeness (QED) is 0.801. The predicted molar refractivity (Wildman–Crippen MR) is 92.3 cm³/mol. The van der Waals surface area contributed by atoms with Crippen LogP contribution in [-0.4, -0.2) is 22.8 Å². The molecule has 1 aromatic heterocycles. The van der Waals surface area contributed by atoms with Gasteiger partial charge in [-0.1, -0.05) is 41.7 Å². The molecule has 0 spiro atoms. The number of nitrogens with zero attached hydrogens (tertiary/aromatic N) is 1. The SMILES string of the molecule is C[C@@H](NCC1CCCC1)c1onc(-c2ccc(Cl)cc2)c1C(=O)O. The van der Waals surface area contributed by atoms with Crippen LogP contribution in [-0.2, 0) is 0 Å². The lowest BCUT2D eigenvalue weighted by Crippen LogP contribution is -2.25. The van der Waals surface area contributed by atoms with Crippen molar-refractivity contribution in [1.29, 1.82) is 0 Å². The van der Waals surface area contributed by atoms with Gasteiger partial charge in [-0.05, 0) is 44.4 Å². The minimum atomic E-state index is -1.04. The zero-order chi connectivity index (χ0) is 17.1. The molecule has 0 bridgehead atoms. The molecule has 24 heavy (non-hydrogen) atoms. The number of carboxylic acids is 1. The molecule has 2 N–H and O–H groups in total. The van der Waals surface area contributed by atoms with E-state index in [0.717, 1.165) is 6.54 Å². The molecule has 128 valence electrons. The third kappa shape index (κ3) is 3.62. The Balaban J connectivity index is 1.82. The van der Waals surface area contributed by atoms with Gasteiger partial charge < -0.3 is 14.9 Å². The summed E-state index contributed by atoms with van der Waals surface area (Å²) in [5.74, 6) is -0.00412. The van der Waals surface area contributed by atoms with Crippen molar-refractivity contribution in [2.75, 3.05) is 6.54 Å². The number of hydrogen-bond donors (Lipinski definition) is 2. The van der Waals surface area contributed by atoms with E-state index in [4.69, 9.17) is 16.1 Å². The molecular weight excluding hydrogens is 328 g/mol. The molecule has 2 aromatic rings. The van der Waals surface area contributed by atoms with E-state index in [1.165, 1.54) is 25.7 Å². The molecule has 6 heteroatoms. The Morgan fingerprint density at radius 2 is 2.04 bits per heavy atom. The highest BCUT2D eigenvalue weighted by Crippen LogP contribution is 2.30. The minimum Gasteiger partial charge on any atom is -0.477 e. The maximum absolute atomic E-state index is 11.8. The highest BCUT2D eigenvalue weighted by Gasteiger charge is 2.27. The van der Waals surface area contributed by atoms with Crippen molar-refractivity contribution >= 4 is 17.6 Å². The van der Waals surface area contributed by atoms with Crippen LogP contribution < -0.4 is 5.32 Å². The third-order valence-electron chi connectivity index (χ3n) is 4.63. The number of aromatic nitrogens is 1. The standard InChI is InChI=1S/C18H21ClN2O3/c1-11(20-10-12-4-2-3-5-12)17-15(18(22)23)16(21-24-17)13-6-8-14(19)9-7-13/h6-9,11-12,20H,2-5,10H2,1H3,(H,22,23)/t11-/m1/s1. The van der Waals surface area contributed by atoms with Gasteiger partial charge in [0.25, 0.3) is 0 Å². The van der Waals surface area contributed by atoms with Crippen LogP contribution in [0, 0.1) is 5.92 Å². The highest BCUT2D eigenvalue weighted by atomic mass is 35.5. The Labute approximate surface area is 146 Å². The largest absolute Gasteiger partial charge is 0.477 e. The Hall–Kier alpha value is -1.85. The number of benzene rings is 1. The number of carbonyl (C=O) groups is 1. The van der Waals surface area contributed by atoms with Crippen LogP contribution >= 0.6 is 11.6 Å². The predicted octanol–water partition coefficient (Wildman–Crippen LogP) is 4.53. The van der Waals surface area contributed by atoms with Crippen LogP contribution in [0.15, 0.2) is 28.8 Å². The zero-order valence-corrected chi connectivity index (χ0v) is 14.3. The lowest BCUT2D eigenvalue weighted by Gasteiger charge is -2.15. The maximum Gasteiger partial charge on any atom is 0.341 e. The van der Waals surface area contributed by atoms with Gasteiger partial charge in [-0.2, -0.15) is 0 Å². The van der Waals surface area contributed by atoms with E-state index in [1.807, 2.05) is 6.92 Å². The fourth-order valence-electron chi connectivity index (χ4n) is 3.26. The first kappa shape index (κ1) is 17.0. The Bertz CT molecular complexity index is 706. The summed E-state index contributed by atoms with van der Waals surface area (Å²) >= 11 is 5.89. The molecule has 5 nitrogen and oxygen atoms in total. The van der Waals surface area contributed by atoms with Crippen molar-refractivity contribution in [2.24, 2.45) is 5.92 Å². The number of halogens is 1. The maximum atomic E-state index is 11.8. The van der Waals surface area contributed by atoms with E-state index in [2.05, 4.69) is 10.5 Å². The minimum absolute atomic E-state index is 0.115. The van der Waals surface area contributed by atoms with Crippen molar-refractivity contribution in [3.8, 4) is 11.3 Å². The second-order valence-corrected chi connectivity index (χ2v) is 6.80. The van der Waals surface area contributed by atoms with Gasteiger partial charge in [-0.15, -0.1) is 0 Å². The molecule has 0 unspecified atom stereocenters. The van der Waals surface area contributed by atoms with Crippen LogP contribution in [0.2, 0.25) is 5.02 Å². The van der Waals surface area contributed by atoms with Crippen LogP contribution in [0.1, 0.15) is 54.8 Å². The Morgan fingerprint density at radius 3 is 2.67 bits per heavy atom. The normalized spacial score (nSPS) is 16.4. The monoisotopic (exact) mass is 348 g/mol. The smallest absolute Gasteiger partial charge is 0.341 e. The van der Waals surface area contributed by atoms with Gasteiger partial charge in [0.15, 0.2) is 5.76 Å². The number of nitrogens with one attached hydrogen (secondary N) is 1. The number of hydrogen-bond acceptors (Lipinski definition) is 4. The van der Waals surface area contributed by atoms with E-state index in [1.54, 1.807) is 24.3 Å². The van der Waals surface area contributed by atoms with Gasteiger partial charge in [-0.25, -0.2) is 4.79 Å². The van der Waals surface area contributed by atoms with Crippen molar-refractivity contribution in [1.82, 2.24) is 10.5 Å². The first-order valence-corrected chi connectivity index (χ1v) is 8.66. The van der Waals surface area contributed by atoms with E-state index in [0.29, 0.717) is 28.0 Å². The van der Waals surface area contributed by atoms with E-state index >= 15 is 0 Å².